The Morgan fingerprint density at radius 3 is 2.44 bits per heavy atom. The number of benzene rings is 1. The van der Waals surface area contributed by atoms with Crippen molar-refractivity contribution in [3.8, 4) is 0 Å². The fourth-order valence-corrected chi connectivity index (χ4v) is 3.13. The number of hydrogen-bond donors (Lipinski definition) is 1. The number of thioether (sulfide) groups is 1. The third kappa shape index (κ3) is 3.86. The highest BCUT2D eigenvalue weighted by molar-refractivity contribution is 7.98. The van der Waals surface area contributed by atoms with E-state index in [9.17, 15) is 32.9 Å². The number of aliphatic carboxylic acids is 1. The van der Waals surface area contributed by atoms with Crippen LogP contribution in [0.5, 0.6) is 0 Å². The second kappa shape index (κ2) is 6.90. The summed E-state index contributed by atoms with van der Waals surface area (Å²) in [5, 5.41) is 20.1. The Morgan fingerprint density at radius 2 is 2.00 bits per heavy atom. The monoisotopic (exact) mass is 378 g/mol. The first-order chi connectivity index (χ1) is 11.6. The van der Waals surface area contributed by atoms with E-state index in [4.69, 9.17) is 5.11 Å². The summed E-state index contributed by atoms with van der Waals surface area (Å²) in [6, 6.07) is 3.75. The lowest BCUT2D eigenvalue weighted by Gasteiger charge is -2.18. The van der Waals surface area contributed by atoms with Crippen molar-refractivity contribution in [1.82, 2.24) is 4.90 Å². The van der Waals surface area contributed by atoms with Crippen molar-refractivity contribution in [2.45, 2.75) is 11.1 Å². The van der Waals surface area contributed by atoms with Gasteiger partial charge in [0.1, 0.15) is 5.56 Å². The van der Waals surface area contributed by atoms with E-state index in [2.05, 4.69) is 0 Å². The van der Waals surface area contributed by atoms with Crippen LogP contribution in [-0.2, 0) is 4.79 Å². The lowest BCUT2D eigenvalue weighted by atomic mass is 9.96. The Morgan fingerprint density at radius 1 is 1.36 bits per heavy atom. The van der Waals surface area contributed by atoms with Crippen molar-refractivity contribution < 1.29 is 32.8 Å². The molecule has 136 valence electrons. The smallest absolute Gasteiger partial charge is 0.394 e. The van der Waals surface area contributed by atoms with Gasteiger partial charge in [0.15, 0.2) is 0 Å². The second-order valence-corrected chi connectivity index (χ2v) is 6.32. The standard InChI is InChI=1S/C14H13F3N2O5S/c1-25-7-2-3-11(19(23)24)8(4-7)12(20)18-5-9(13(21)22)10(6-18)14(15,16)17/h2-4,9-10H,5-6H2,1H3,(H,21,22)/t9-,10-/m1/s1. The van der Waals surface area contributed by atoms with Crippen LogP contribution in [0.2, 0.25) is 0 Å². The maximum atomic E-state index is 13.0. The molecule has 1 aliphatic heterocycles. The third-order valence-corrected chi connectivity index (χ3v) is 4.70. The Balaban J connectivity index is 2.38. The number of likely N-dealkylation sites (tertiary alicyclic amines) is 1. The van der Waals surface area contributed by atoms with E-state index >= 15 is 0 Å². The summed E-state index contributed by atoms with van der Waals surface area (Å²) in [5.41, 5.74) is -0.894. The van der Waals surface area contributed by atoms with E-state index in [0.29, 0.717) is 9.80 Å². The Bertz CT molecular complexity index is 725. The lowest BCUT2D eigenvalue weighted by Crippen LogP contribution is -2.34. The minimum atomic E-state index is -4.79. The van der Waals surface area contributed by atoms with Gasteiger partial charge in [0.2, 0.25) is 0 Å². The molecule has 25 heavy (non-hydrogen) atoms. The van der Waals surface area contributed by atoms with Crippen LogP contribution in [0.25, 0.3) is 0 Å². The number of carbonyl (C=O) groups is 2. The number of amides is 1. The molecule has 1 heterocycles. The van der Waals surface area contributed by atoms with Gasteiger partial charge in [-0.2, -0.15) is 13.2 Å². The van der Waals surface area contributed by atoms with Crippen LogP contribution in [0, 0.1) is 22.0 Å². The molecule has 0 saturated carbocycles. The van der Waals surface area contributed by atoms with Gasteiger partial charge in [0.25, 0.3) is 11.6 Å². The highest BCUT2D eigenvalue weighted by Crippen LogP contribution is 2.39. The number of nitrogens with zero attached hydrogens (tertiary/aromatic N) is 2. The summed E-state index contributed by atoms with van der Waals surface area (Å²) < 4.78 is 39.1. The quantitative estimate of drug-likeness (QED) is 0.491. The molecule has 1 aromatic carbocycles. The van der Waals surface area contributed by atoms with E-state index < -0.39 is 53.6 Å². The van der Waals surface area contributed by atoms with Crippen LogP contribution in [0.3, 0.4) is 0 Å². The molecular weight excluding hydrogens is 365 g/mol. The lowest BCUT2D eigenvalue weighted by molar-refractivity contribution is -0.385. The summed E-state index contributed by atoms with van der Waals surface area (Å²) in [7, 11) is 0. The van der Waals surface area contributed by atoms with Gasteiger partial charge >= 0.3 is 12.1 Å². The summed E-state index contributed by atoms with van der Waals surface area (Å²) in [6.45, 7) is -1.50. The molecule has 2 atom stereocenters. The van der Waals surface area contributed by atoms with E-state index in [0.717, 1.165) is 6.07 Å². The number of nitro benzene ring substituents is 1. The van der Waals surface area contributed by atoms with Crippen molar-refractivity contribution >= 4 is 29.3 Å². The highest BCUT2D eigenvalue weighted by atomic mass is 32.2. The van der Waals surface area contributed by atoms with Gasteiger partial charge in [-0.15, -0.1) is 11.8 Å². The molecule has 2 rings (SSSR count). The number of carboxylic acids is 1. The number of alkyl halides is 3. The molecule has 1 fully saturated rings. The van der Waals surface area contributed by atoms with E-state index in [-0.39, 0.29) is 5.56 Å². The van der Waals surface area contributed by atoms with Crippen LogP contribution in [0.1, 0.15) is 10.4 Å². The van der Waals surface area contributed by atoms with Crippen LogP contribution in [0.15, 0.2) is 23.1 Å². The molecule has 0 aromatic heterocycles. The maximum absolute atomic E-state index is 13.0. The third-order valence-electron chi connectivity index (χ3n) is 3.98. The summed E-state index contributed by atoms with van der Waals surface area (Å²) in [5.74, 6) is -6.66. The van der Waals surface area contributed by atoms with Crippen molar-refractivity contribution in [3.05, 3.63) is 33.9 Å². The van der Waals surface area contributed by atoms with Gasteiger partial charge in [0.05, 0.1) is 16.8 Å². The molecule has 0 spiro atoms. The first-order valence-corrected chi connectivity index (χ1v) is 8.20. The maximum Gasteiger partial charge on any atom is 0.394 e. The predicted molar refractivity (Wildman–Crippen MR) is 81.5 cm³/mol. The van der Waals surface area contributed by atoms with E-state index in [1.165, 1.54) is 23.9 Å². The molecule has 7 nitrogen and oxygen atoms in total. The normalized spacial score (nSPS) is 20.6. The summed E-state index contributed by atoms with van der Waals surface area (Å²) >= 11 is 1.21. The first kappa shape index (κ1) is 19.0. The van der Waals surface area contributed by atoms with Gasteiger partial charge < -0.3 is 10.0 Å². The molecule has 1 N–H and O–H groups in total. The van der Waals surface area contributed by atoms with Crippen LogP contribution in [0.4, 0.5) is 18.9 Å². The molecular formula is C14H13F3N2O5S. The number of rotatable bonds is 4. The van der Waals surface area contributed by atoms with Crippen molar-refractivity contribution in [1.29, 1.82) is 0 Å². The topological polar surface area (TPSA) is 101 Å². The number of carbonyl (C=O) groups excluding carboxylic acids is 1. The minimum Gasteiger partial charge on any atom is -0.481 e. The average molecular weight is 378 g/mol. The number of hydrogen-bond acceptors (Lipinski definition) is 5. The van der Waals surface area contributed by atoms with Gasteiger partial charge in [-0.1, -0.05) is 0 Å². The number of halogens is 3. The zero-order valence-electron chi connectivity index (χ0n) is 12.8. The van der Waals surface area contributed by atoms with Crippen LogP contribution >= 0.6 is 11.8 Å². The molecule has 11 heteroatoms. The summed E-state index contributed by atoms with van der Waals surface area (Å²) in [6.07, 6.45) is -3.11. The number of carboxylic acid groups (broad SMARTS) is 1. The van der Waals surface area contributed by atoms with Gasteiger partial charge in [0, 0.05) is 24.1 Å². The Kier molecular flexibility index (Phi) is 5.26. The molecule has 1 aromatic rings. The van der Waals surface area contributed by atoms with Crippen molar-refractivity contribution in [2.24, 2.45) is 11.8 Å². The minimum absolute atomic E-state index is 0.358. The molecule has 1 saturated heterocycles. The molecule has 0 bridgehead atoms. The SMILES string of the molecule is CSc1ccc([N+](=O)[O-])c(C(=O)N2C[C@@H](C(F)(F)F)[C@H](C(=O)O)C2)c1. The van der Waals surface area contributed by atoms with Crippen LogP contribution in [-0.4, -0.2) is 52.3 Å². The van der Waals surface area contributed by atoms with E-state index in [1.807, 2.05) is 0 Å². The highest BCUT2D eigenvalue weighted by Gasteiger charge is 2.53. The largest absolute Gasteiger partial charge is 0.481 e. The van der Waals surface area contributed by atoms with E-state index in [1.54, 1.807) is 6.26 Å². The predicted octanol–water partition coefficient (Wildman–Crippen LogP) is 2.65. The molecule has 0 aliphatic carbocycles. The summed E-state index contributed by atoms with van der Waals surface area (Å²) in [4.78, 5) is 35.1. The van der Waals surface area contributed by atoms with Gasteiger partial charge in [-0.05, 0) is 18.4 Å². The van der Waals surface area contributed by atoms with Crippen LogP contribution < -0.4 is 0 Å². The molecule has 0 unspecified atom stereocenters. The Hall–Kier alpha value is -2.30. The molecule has 0 radical (unpaired) electrons. The zero-order valence-corrected chi connectivity index (χ0v) is 13.6. The van der Waals surface area contributed by atoms with Crippen molar-refractivity contribution in [2.75, 3.05) is 19.3 Å². The van der Waals surface area contributed by atoms with Gasteiger partial charge in [-0.25, -0.2) is 0 Å². The fourth-order valence-electron chi connectivity index (χ4n) is 2.69. The molecule has 1 aliphatic rings. The average Bonchev–Trinajstić information content (AvgIpc) is 2.99. The molecule has 1 amide bonds. The fraction of sp³-hybridized carbons (Fsp3) is 0.429. The second-order valence-electron chi connectivity index (χ2n) is 5.44. The number of nitro groups is 1. The van der Waals surface area contributed by atoms with Crippen molar-refractivity contribution in [3.63, 3.8) is 0 Å². The van der Waals surface area contributed by atoms with Gasteiger partial charge in [-0.3, -0.25) is 19.7 Å². The zero-order chi connectivity index (χ0) is 18.9. The first-order valence-electron chi connectivity index (χ1n) is 6.97. The Labute approximate surface area is 143 Å².